The Hall–Kier alpha value is -1.21. The standard InChI is InChI=1S/C22H35BN2O3/c1-17(26)22(24,13-4-5-14-23(27)28)19-11-15-25(16-12-19)21-10-6-8-18-7-2-3-9-20(18)21/h2-3,7,9,19,21,27-28H,4-6,8,10-16,24H2,1H3/t21?,22-/m0/s1. The zero-order valence-corrected chi connectivity index (χ0v) is 17.1. The van der Waals surface area contributed by atoms with Gasteiger partial charge in [0, 0.05) is 6.04 Å². The molecule has 4 N–H and O–H groups in total. The minimum absolute atomic E-state index is 0.0681. The highest BCUT2D eigenvalue weighted by Crippen LogP contribution is 2.39. The van der Waals surface area contributed by atoms with Crippen LogP contribution in [0.3, 0.4) is 0 Å². The summed E-state index contributed by atoms with van der Waals surface area (Å²) in [6, 6.07) is 9.33. The molecule has 28 heavy (non-hydrogen) atoms. The van der Waals surface area contributed by atoms with E-state index in [-0.39, 0.29) is 11.7 Å². The van der Waals surface area contributed by atoms with E-state index in [1.54, 1.807) is 6.92 Å². The van der Waals surface area contributed by atoms with Gasteiger partial charge in [-0.2, -0.15) is 0 Å². The summed E-state index contributed by atoms with van der Waals surface area (Å²) in [5.41, 5.74) is 8.84. The van der Waals surface area contributed by atoms with E-state index >= 15 is 0 Å². The van der Waals surface area contributed by atoms with Crippen molar-refractivity contribution in [3.63, 3.8) is 0 Å². The summed E-state index contributed by atoms with van der Waals surface area (Å²) in [7, 11) is -1.27. The second-order valence-corrected chi connectivity index (χ2v) is 8.74. The monoisotopic (exact) mass is 386 g/mol. The van der Waals surface area contributed by atoms with Crippen LogP contribution in [0, 0.1) is 5.92 Å². The third-order valence-electron chi connectivity index (χ3n) is 6.99. The van der Waals surface area contributed by atoms with Gasteiger partial charge < -0.3 is 15.8 Å². The van der Waals surface area contributed by atoms with Crippen molar-refractivity contribution < 1.29 is 14.8 Å². The molecule has 0 bridgehead atoms. The molecule has 0 amide bonds. The van der Waals surface area contributed by atoms with Gasteiger partial charge in [-0.05, 0) is 81.9 Å². The Morgan fingerprint density at radius 3 is 2.61 bits per heavy atom. The average molecular weight is 386 g/mol. The number of unbranched alkanes of at least 4 members (excludes halogenated alkanes) is 1. The van der Waals surface area contributed by atoms with Crippen LogP contribution in [0.25, 0.3) is 0 Å². The van der Waals surface area contributed by atoms with Crippen molar-refractivity contribution in [1.82, 2.24) is 4.90 Å². The first-order chi connectivity index (χ1) is 13.4. The van der Waals surface area contributed by atoms with Crippen LogP contribution in [0.4, 0.5) is 0 Å². The molecule has 1 aromatic rings. The number of piperidine rings is 1. The van der Waals surface area contributed by atoms with Crippen molar-refractivity contribution in [3.8, 4) is 0 Å². The number of ketones is 1. The van der Waals surface area contributed by atoms with Gasteiger partial charge in [-0.1, -0.05) is 37.1 Å². The first-order valence-electron chi connectivity index (χ1n) is 10.9. The Kier molecular flexibility index (Phi) is 7.32. The molecule has 0 radical (unpaired) electrons. The van der Waals surface area contributed by atoms with Gasteiger partial charge in [0.15, 0.2) is 0 Å². The number of nitrogens with two attached hydrogens (primary N) is 1. The molecule has 2 aliphatic rings. The van der Waals surface area contributed by atoms with Crippen LogP contribution >= 0.6 is 0 Å². The van der Waals surface area contributed by atoms with Gasteiger partial charge >= 0.3 is 7.12 Å². The van der Waals surface area contributed by atoms with Crippen molar-refractivity contribution >= 4 is 12.9 Å². The number of Topliss-reactive ketones (excluding diaryl/α,β-unsaturated/α-hetero) is 1. The molecule has 1 fully saturated rings. The lowest BCUT2D eigenvalue weighted by molar-refractivity contribution is -0.125. The van der Waals surface area contributed by atoms with Crippen LogP contribution < -0.4 is 5.73 Å². The molecular formula is C22H35BN2O3. The lowest BCUT2D eigenvalue weighted by atomic mass is 9.72. The first-order valence-corrected chi connectivity index (χ1v) is 10.9. The third-order valence-corrected chi connectivity index (χ3v) is 6.99. The lowest BCUT2D eigenvalue weighted by Gasteiger charge is -2.44. The van der Waals surface area contributed by atoms with E-state index in [1.807, 2.05) is 0 Å². The van der Waals surface area contributed by atoms with Crippen molar-refractivity contribution in [3.05, 3.63) is 35.4 Å². The highest BCUT2D eigenvalue weighted by Gasteiger charge is 2.41. The third kappa shape index (κ3) is 4.85. The second kappa shape index (κ2) is 9.53. The zero-order valence-electron chi connectivity index (χ0n) is 17.1. The van der Waals surface area contributed by atoms with Gasteiger partial charge in [0.1, 0.15) is 5.78 Å². The summed E-state index contributed by atoms with van der Waals surface area (Å²) in [5, 5.41) is 18.0. The number of nitrogens with zero attached hydrogens (tertiary/aromatic N) is 1. The maximum atomic E-state index is 12.4. The van der Waals surface area contributed by atoms with Crippen LogP contribution in [0.15, 0.2) is 24.3 Å². The Morgan fingerprint density at radius 1 is 1.21 bits per heavy atom. The largest absolute Gasteiger partial charge is 0.451 e. The molecule has 154 valence electrons. The van der Waals surface area contributed by atoms with Gasteiger partial charge in [-0.15, -0.1) is 0 Å². The number of rotatable bonds is 8. The molecule has 0 spiro atoms. The van der Waals surface area contributed by atoms with Gasteiger partial charge in [0.05, 0.1) is 5.54 Å². The summed E-state index contributed by atoms with van der Waals surface area (Å²) in [4.78, 5) is 15.0. The van der Waals surface area contributed by atoms with Gasteiger partial charge in [0.25, 0.3) is 0 Å². The predicted molar refractivity (Wildman–Crippen MR) is 113 cm³/mol. The first kappa shape index (κ1) is 21.5. The summed E-state index contributed by atoms with van der Waals surface area (Å²) in [5.74, 6) is 0.276. The summed E-state index contributed by atoms with van der Waals surface area (Å²) < 4.78 is 0. The highest BCUT2D eigenvalue weighted by atomic mass is 16.4. The molecule has 1 unspecified atom stereocenters. The molecule has 6 heteroatoms. The molecule has 5 nitrogen and oxygen atoms in total. The van der Waals surface area contributed by atoms with E-state index < -0.39 is 12.7 Å². The summed E-state index contributed by atoms with van der Waals surface area (Å²) >= 11 is 0. The number of carbonyl (C=O) groups is 1. The quantitative estimate of drug-likeness (QED) is 0.472. The topological polar surface area (TPSA) is 86.8 Å². The van der Waals surface area contributed by atoms with Crippen LogP contribution in [0.5, 0.6) is 0 Å². The molecule has 0 saturated carbocycles. The molecule has 1 aliphatic heterocycles. The van der Waals surface area contributed by atoms with E-state index in [4.69, 9.17) is 15.8 Å². The second-order valence-electron chi connectivity index (χ2n) is 8.74. The number of aryl methyl sites for hydroxylation is 1. The van der Waals surface area contributed by atoms with Crippen molar-refractivity contribution in [2.45, 2.75) is 76.2 Å². The van der Waals surface area contributed by atoms with E-state index in [9.17, 15) is 4.79 Å². The van der Waals surface area contributed by atoms with Crippen molar-refractivity contribution in [2.24, 2.45) is 11.7 Å². The number of benzene rings is 1. The Labute approximate surface area is 169 Å². The molecular weight excluding hydrogens is 351 g/mol. The average Bonchev–Trinajstić information content (AvgIpc) is 2.70. The number of hydrogen-bond donors (Lipinski definition) is 3. The fourth-order valence-corrected chi connectivity index (χ4v) is 5.25. The number of likely N-dealkylation sites (tertiary alicyclic amines) is 1. The number of carbonyl (C=O) groups excluding carboxylic acids is 1. The van der Waals surface area contributed by atoms with Gasteiger partial charge in [-0.3, -0.25) is 9.69 Å². The molecule has 0 aromatic heterocycles. The predicted octanol–water partition coefficient (Wildman–Crippen LogP) is 2.71. The normalized spacial score (nSPS) is 23.1. The lowest BCUT2D eigenvalue weighted by Crippen LogP contribution is -2.56. The van der Waals surface area contributed by atoms with Crippen molar-refractivity contribution in [2.75, 3.05) is 13.1 Å². The Bertz CT molecular complexity index is 661. The van der Waals surface area contributed by atoms with Crippen LogP contribution in [0.1, 0.15) is 69.0 Å². The molecule has 1 aromatic carbocycles. The fraction of sp³-hybridized carbons (Fsp3) is 0.682. The zero-order chi connectivity index (χ0) is 20.1. The smallest absolute Gasteiger partial charge is 0.427 e. The molecule has 2 atom stereocenters. The molecule has 3 rings (SSSR count). The van der Waals surface area contributed by atoms with Gasteiger partial charge in [0.2, 0.25) is 0 Å². The number of fused-ring (bicyclic) bond motifs is 1. The van der Waals surface area contributed by atoms with E-state index in [1.165, 1.54) is 30.4 Å². The summed E-state index contributed by atoms with van der Waals surface area (Å²) in [6.45, 7) is 3.60. The highest BCUT2D eigenvalue weighted by molar-refractivity contribution is 6.40. The summed E-state index contributed by atoms with van der Waals surface area (Å²) in [6.07, 6.45) is 7.96. The van der Waals surface area contributed by atoms with E-state index in [0.717, 1.165) is 32.4 Å². The molecule has 1 heterocycles. The Morgan fingerprint density at radius 2 is 1.93 bits per heavy atom. The van der Waals surface area contributed by atoms with E-state index in [0.29, 0.717) is 25.2 Å². The SMILES string of the molecule is CC(=O)[C@@](N)(CCCCB(O)O)C1CCN(C2CCCc3ccccc32)CC1. The van der Waals surface area contributed by atoms with Crippen LogP contribution in [-0.2, 0) is 11.2 Å². The Balaban J connectivity index is 1.59. The van der Waals surface area contributed by atoms with Crippen LogP contribution in [-0.4, -0.2) is 46.5 Å². The maximum Gasteiger partial charge on any atom is 0.451 e. The van der Waals surface area contributed by atoms with Gasteiger partial charge in [-0.25, -0.2) is 0 Å². The number of hydrogen-bond acceptors (Lipinski definition) is 5. The molecule has 1 aliphatic carbocycles. The van der Waals surface area contributed by atoms with Crippen LogP contribution in [0.2, 0.25) is 6.32 Å². The minimum Gasteiger partial charge on any atom is -0.427 e. The fourth-order valence-electron chi connectivity index (χ4n) is 5.25. The maximum absolute atomic E-state index is 12.4. The minimum atomic E-state index is -1.27. The van der Waals surface area contributed by atoms with E-state index in [2.05, 4.69) is 29.2 Å². The van der Waals surface area contributed by atoms with Crippen molar-refractivity contribution in [1.29, 1.82) is 0 Å². The molecule has 1 saturated heterocycles.